The SMILES string of the molecule is COC(CC(C)(NC1CCCC1)C(N)=O)OC. The molecule has 1 atom stereocenters. The molecule has 100 valence electrons. The number of amides is 1. The van der Waals surface area contributed by atoms with Gasteiger partial charge in [-0.25, -0.2) is 0 Å². The molecule has 0 aliphatic heterocycles. The number of carbonyl (C=O) groups is 1. The number of carbonyl (C=O) groups excluding carboxylic acids is 1. The van der Waals surface area contributed by atoms with Crippen molar-refractivity contribution in [3.8, 4) is 0 Å². The number of hydrogen-bond donors (Lipinski definition) is 2. The van der Waals surface area contributed by atoms with E-state index < -0.39 is 11.8 Å². The van der Waals surface area contributed by atoms with Crippen LogP contribution >= 0.6 is 0 Å². The smallest absolute Gasteiger partial charge is 0.237 e. The third-order valence-electron chi connectivity index (χ3n) is 3.52. The van der Waals surface area contributed by atoms with Crippen LogP contribution in [0.1, 0.15) is 39.0 Å². The molecule has 0 bridgehead atoms. The maximum atomic E-state index is 11.6. The molecule has 1 fully saturated rings. The lowest BCUT2D eigenvalue weighted by Crippen LogP contribution is -2.58. The lowest BCUT2D eigenvalue weighted by atomic mass is 9.94. The third kappa shape index (κ3) is 3.94. The number of nitrogens with one attached hydrogen (secondary N) is 1. The molecule has 1 rings (SSSR count). The third-order valence-corrected chi connectivity index (χ3v) is 3.52. The van der Waals surface area contributed by atoms with Gasteiger partial charge in [0.1, 0.15) is 0 Å². The molecular weight excluding hydrogens is 220 g/mol. The van der Waals surface area contributed by atoms with Crippen LogP contribution in [-0.2, 0) is 14.3 Å². The van der Waals surface area contributed by atoms with E-state index in [9.17, 15) is 4.79 Å². The van der Waals surface area contributed by atoms with Crippen molar-refractivity contribution < 1.29 is 14.3 Å². The van der Waals surface area contributed by atoms with E-state index in [1.54, 1.807) is 14.2 Å². The zero-order valence-corrected chi connectivity index (χ0v) is 11.0. The van der Waals surface area contributed by atoms with Gasteiger partial charge in [0.05, 0.1) is 5.54 Å². The Hall–Kier alpha value is -0.650. The number of ether oxygens (including phenoxy) is 2. The van der Waals surface area contributed by atoms with Crippen LogP contribution in [0, 0.1) is 0 Å². The summed E-state index contributed by atoms with van der Waals surface area (Å²) in [5, 5.41) is 3.36. The van der Waals surface area contributed by atoms with Crippen molar-refractivity contribution >= 4 is 5.91 Å². The summed E-state index contributed by atoms with van der Waals surface area (Å²) in [6.07, 6.45) is 4.64. The molecule has 0 aromatic carbocycles. The Balaban J connectivity index is 2.63. The number of methoxy groups -OCH3 is 2. The average Bonchev–Trinajstić information content (AvgIpc) is 2.78. The van der Waals surface area contributed by atoms with Crippen molar-refractivity contribution in [1.29, 1.82) is 0 Å². The highest BCUT2D eigenvalue weighted by Gasteiger charge is 2.36. The highest BCUT2D eigenvalue weighted by Crippen LogP contribution is 2.23. The molecular formula is C12H24N2O3. The Bertz CT molecular complexity index is 244. The molecule has 3 N–H and O–H groups in total. The summed E-state index contributed by atoms with van der Waals surface area (Å²) in [7, 11) is 3.12. The van der Waals surface area contributed by atoms with Gasteiger partial charge >= 0.3 is 0 Å². The molecule has 5 nitrogen and oxygen atoms in total. The summed E-state index contributed by atoms with van der Waals surface area (Å²) in [5.74, 6) is -0.358. The predicted molar refractivity (Wildman–Crippen MR) is 65.4 cm³/mol. The molecule has 1 unspecified atom stereocenters. The molecule has 0 aromatic rings. The minimum Gasteiger partial charge on any atom is -0.368 e. The Morgan fingerprint density at radius 3 is 2.35 bits per heavy atom. The van der Waals surface area contributed by atoms with Crippen LogP contribution in [0.5, 0.6) is 0 Å². The quantitative estimate of drug-likeness (QED) is 0.649. The maximum Gasteiger partial charge on any atom is 0.237 e. The van der Waals surface area contributed by atoms with E-state index in [0.717, 1.165) is 12.8 Å². The van der Waals surface area contributed by atoms with E-state index >= 15 is 0 Å². The highest BCUT2D eigenvalue weighted by atomic mass is 16.7. The van der Waals surface area contributed by atoms with E-state index in [1.165, 1.54) is 12.8 Å². The lowest BCUT2D eigenvalue weighted by Gasteiger charge is -2.33. The largest absolute Gasteiger partial charge is 0.368 e. The van der Waals surface area contributed by atoms with E-state index in [-0.39, 0.29) is 5.91 Å². The number of hydrogen-bond acceptors (Lipinski definition) is 4. The van der Waals surface area contributed by atoms with Crippen LogP contribution in [-0.4, -0.2) is 38.0 Å². The van der Waals surface area contributed by atoms with Gasteiger partial charge < -0.3 is 20.5 Å². The van der Waals surface area contributed by atoms with E-state index in [1.807, 2.05) is 6.92 Å². The molecule has 1 amide bonds. The first-order valence-corrected chi connectivity index (χ1v) is 6.15. The first-order chi connectivity index (χ1) is 8.01. The molecule has 0 radical (unpaired) electrons. The normalized spacial score (nSPS) is 20.7. The predicted octanol–water partition coefficient (Wildman–Crippen LogP) is 0.772. The molecule has 0 saturated heterocycles. The van der Waals surface area contributed by atoms with Crippen molar-refractivity contribution in [3.05, 3.63) is 0 Å². The van der Waals surface area contributed by atoms with Gasteiger partial charge in [-0.2, -0.15) is 0 Å². The highest BCUT2D eigenvalue weighted by molar-refractivity contribution is 5.84. The second kappa shape index (κ2) is 6.33. The molecule has 0 spiro atoms. The molecule has 1 aliphatic carbocycles. The minimum absolute atomic E-state index is 0.358. The summed E-state index contributed by atoms with van der Waals surface area (Å²) >= 11 is 0. The van der Waals surface area contributed by atoms with Gasteiger partial charge in [-0.05, 0) is 19.8 Å². The van der Waals surface area contributed by atoms with Crippen LogP contribution in [0.2, 0.25) is 0 Å². The summed E-state index contributed by atoms with van der Waals surface area (Å²) < 4.78 is 10.3. The zero-order chi connectivity index (χ0) is 12.9. The monoisotopic (exact) mass is 244 g/mol. The van der Waals surface area contributed by atoms with E-state index in [4.69, 9.17) is 15.2 Å². The zero-order valence-electron chi connectivity index (χ0n) is 11.0. The second-order valence-electron chi connectivity index (χ2n) is 4.93. The standard InChI is InChI=1S/C12H24N2O3/c1-12(11(13)15,8-10(16-2)17-3)14-9-6-4-5-7-9/h9-10,14H,4-8H2,1-3H3,(H2,13,15). The Labute approximate surface area is 103 Å². The van der Waals surface area contributed by atoms with E-state index in [0.29, 0.717) is 12.5 Å². The van der Waals surface area contributed by atoms with Crippen LogP contribution in [0.3, 0.4) is 0 Å². The van der Waals surface area contributed by atoms with Gasteiger partial charge in [-0.15, -0.1) is 0 Å². The summed E-state index contributed by atoms with van der Waals surface area (Å²) in [6, 6.07) is 0.377. The fraction of sp³-hybridized carbons (Fsp3) is 0.917. The van der Waals surface area contributed by atoms with Crippen LogP contribution in [0.4, 0.5) is 0 Å². The molecule has 5 heteroatoms. The van der Waals surface area contributed by atoms with Crippen LogP contribution < -0.4 is 11.1 Å². The van der Waals surface area contributed by atoms with Crippen molar-refractivity contribution in [2.24, 2.45) is 5.73 Å². The summed E-state index contributed by atoms with van der Waals surface area (Å²) in [5.41, 5.74) is 4.72. The van der Waals surface area contributed by atoms with Gasteiger partial charge in [-0.1, -0.05) is 12.8 Å². The van der Waals surface area contributed by atoms with Crippen LogP contribution in [0.15, 0.2) is 0 Å². The first kappa shape index (κ1) is 14.4. The topological polar surface area (TPSA) is 73.6 Å². The van der Waals surface area contributed by atoms with Gasteiger partial charge in [0.2, 0.25) is 5.91 Å². The summed E-state index contributed by atoms with van der Waals surface area (Å²) in [4.78, 5) is 11.6. The minimum atomic E-state index is -0.772. The fourth-order valence-electron chi connectivity index (χ4n) is 2.35. The molecule has 1 aliphatic rings. The number of rotatable bonds is 7. The molecule has 1 saturated carbocycles. The molecule has 17 heavy (non-hydrogen) atoms. The van der Waals surface area contributed by atoms with Gasteiger partial charge in [0.15, 0.2) is 6.29 Å². The van der Waals surface area contributed by atoms with Crippen molar-refractivity contribution in [2.75, 3.05) is 14.2 Å². The fourth-order valence-corrected chi connectivity index (χ4v) is 2.35. The van der Waals surface area contributed by atoms with Crippen molar-refractivity contribution in [2.45, 2.75) is 56.9 Å². The molecule has 0 aromatic heterocycles. The van der Waals surface area contributed by atoms with Gasteiger partial charge in [-0.3, -0.25) is 4.79 Å². The van der Waals surface area contributed by atoms with Gasteiger partial charge in [0, 0.05) is 26.7 Å². The Morgan fingerprint density at radius 2 is 1.94 bits per heavy atom. The van der Waals surface area contributed by atoms with Gasteiger partial charge in [0.25, 0.3) is 0 Å². The van der Waals surface area contributed by atoms with Crippen LogP contribution in [0.25, 0.3) is 0 Å². The number of nitrogens with two attached hydrogens (primary N) is 1. The first-order valence-electron chi connectivity index (χ1n) is 6.15. The average molecular weight is 244 g/mol. The van der Waals surface area contributed by atoms with E-state index in [2.05, 4.69) is 5.32 Å². The molecule has 0 heterocycles. The summed E-state index contributed by atoms with van der Waals surface area (Å²) in [6.45, 7) is 1.82. The Kier molecular flexibility index (Phi) is 5.36. The number of primary amides is 1. The Morgan fingerprint density at radius 1 is 1.41 bits per heavy atom. The second-order valence-corrected chi connectivity index (χ2v) is 4.93. The lowest BCUT2D eigenvalue weighted by molar-refractivity contribution is -0.138. The van der Waals surface area contributed by atoms with Crippen molar-refractivity contribution in [3.63, 3.8) is 0 Å². The van der Waals surface area contributed by atoms with Crippen molar-refractivity contribution in [1.82, 2.24) is 5.32 Å². The maximum absolute atomic E-state index is 11.6.